The predicted molar refractivity (Wildman–Crippen MR) is 67.1 cm³/mol. The van der Waals surface area contributed by atoms with E-state index in [1.165, 1.54) is 0 Å². The van der Waals surface area contributed by atoms with E-state index in [1.807, 2.05) is 24.3 Å². The van der Waals surface area contributed by atoms with Gasteiger partial charge in [-0.3, -0.25) is 9.79 Å². The van der Waals surface area contributed by atoms with Crippen molar-refractivity contribution in [1.82, 2.24) is 0 Å². The molecule has 90 valence electrons. The molecule has 1 aliphatic rings. The summed E-state index contributed by atoms with van der Waals surface area (Å²) >= 11 is 3.40. The van der Waals surface area contributed by atoms with Crippen LogP contribution in [0.15, 0.2) is 33.7 Å². The quantitative estimate of drug-likeness (QED) is 0.930. The molecule has 2 rings (SSSR count). The fourth-order valence-electron chi connectivity index (χ4n) is 1.66. The number of rotatable bonds is 4. The predicted octanol–water partition coefficient (Wildman–Crippen LogP) is 2.78. The molecule has 0 saturated carbocycles. The van der Waals surface area contributed by atoms with Crippen molar-refractivity contribution in [1.29, 1.82) is 0 Å². The fourth-order valence-corrected chi connectivity index (χ4v) is 2.07. The van der Waals surface area contributed by atoms with Crippen molar-refractivity contribution in [3.05, 3.63) is 34.3 Å². The zero-order valence-electron chi connectivity index (χ0n) is 9.10. The maximum absolute atomic E-state index is 10.4. The van der Waals surface area contributed by atoms with E-state index in [9.17, 15) is 4.79 Å². The molecule has 1 heterocycles. The first-order chi connectivity index (χ1) is 8.15. The second kappa shape index (κ2) is 5.31. The standard InChI is InChI=1S/C12H12BrNO3/c13-9-3-1-2-8(6-9)10-7-14-11(17-10)4-5-12(15)16/h1-3,6,10H,4-5,7H2,(H,15,16). The van der Waals surface area contributed by atoms with Crippen LogP contribution in [0.5, 0.6) is 0 Å². The molecule has 1 atom stereocenters. The third-order valence-electron chi connectivity index (χ3n) is 2.48. The molecule has 1 unspecified atom stereocenters. The summed E-state index contributed by atoms with van der Waals surface area (Å²) in [4.78, 5) is 14.6. The van der Waals surface area contributed by atoms with Gasteiger partial charge in [0.2, 0.25) is 0 Å². The number of hydrogen-bond acceptors (Lipinski definition) is 3. The maximum atomic E-state index is 10.4. The van der Waals surface area contributed by atoms with Crippen LogP contribution in [0.2, 0.25) is 0 Å². The molecule has 1 aromatic rings. The van der Waals surface area contributed by atoms with E-state index in [0.717, 1.165) is 10.0 Å². The lowest BCUT2D eigenvalue weighted by atomic mass is 10.1. The van der Waals surface area contributed by atoms with Crippen LogP contribution in [0.4, 0.5) is 0 Å². The van der Waals surface area contributed by atoms with Crippen molar-refractivity contribution < 1.29 is 14.6 Å². The van der Waals surface area contributed by atoms with Crippen LogP contribution in [-0.2, 0) is 9.53 Å². The molecule has 5 heteroatoms. The Morgan fingerprint density at radius 3 is 3.12 bits per heavy atom. The Morgan fingerprint density at radius 1 is 1.59 bits per heavy atom. The number of benzene rings is 1. The number of ether oxygens (including phenoxy) is 1. The van der Waals surface area contributed by atoms with Crippen molar-refractivity contribution in [3.8, 4) is 0 Å². The van der Waals surface area contributed by atoms with E-state index in [1.54, 1.807) is 0 Å². The number of nitrogens with zero attached hydrogens (tertiary/aromatic N) is 1. The lowest BCUT2D eigenvalue weighted by Crippen LogP contribution is -2.07. The first-order valence-corrected chi connectivity index (χ1v) is 6.11. The lowest BCUT2D eigenvalue weighted by Gasteiger charge is -2.11. The van der Waals surface area contributed by atoms with Crippen LogP contribution < -0.4 is 0 Å². The molecular weight excluding hydrogens is 286 g/mol. The van der Waals surface area contributed by atoms with Gasteiger partial charge < -0.3 is 9.84 Å². The molecule has 0 spiro atoms. The number of halogens is 1. The van der Waals surface area contributed by atoms with Crippen LogP contribution >= 0.6 is 15.9 Å². The van der Waals surface area contributed by atoms with E-state index in [0.29, 0.717) is 18.9 Å². The first-order valence-electron chi connectivity index (χ1n) is 5.32. The lowest BCUT2D eigenvalue weighted by molar-refractivity contribution is -0.136. The van der Waals surface area contributed by atoms with Gasteiger partial charge >= 0.3 is 5.97 Å². The number of carboxylic acids is 1. The van der Waals surface area contributed by atoms with Crippen molar-refractivity contribution in [2.75, 3.05) is 6.54 Å². The normalized spacial score (nSPS) is 18.6. The van der Waals surface area contributed by atoms with Crippen molar-refractivity contribution in [2.45, 2.75) is 18.9 Å². The number of aliphatic carboxylic acids is 1. The fraction of sp³-hybridized carbons (Fsp3) is 0.333. The van der Waals surface area contributed by atoms with Gasteiger partial charge in [0.15, 0.2) is 5.90 Å². The summed E-state index contributed by atoms with van der Waals surface area (Å²) in [5, 5.41) is 8.58. The van der Waals surface area contributed by atoms with Crippen LogP contribution in [0.3, 0.4) is 0 Å². The molecule has 0 aromatic heterocycles. The van der Waals surface area contributed by atoms with E-state index < -0.39 is 5.97 Å². The van der Waals surface area contributed by atoms with Crippen LogP contribution in [0, 0.1) is 0 Å². The average molecular weight is 298 g/mol. The van der Waals surface area contributed by atoms with Gasteiger partial charge in [-0.05, 0) is 17.7 Å². The Hall–Kier alpha value is -1.36. The van der Waals surface area contributed by atoms with Gasteiger partial charge in [-0.2, -0.15) is 0 Å². The molecule has 17 heavy (non-hydrogen) atoms. The second-order valence-corrected chi connectivity index (χ2v) is 4.71. The summed E-state index contributed by atoms with van der Waals surface area (Å²) in [6.07, 6.45) is 0.334. The second-order valence-electron chi connectivity index (χ2n) is 3.79. The number of carboxylic acid groups (broad SMARTS) is 1. The van der Waals surface area contributed by atoms with Crippen molar-refractivity contribution in [3.63, 3.8) is 0 Å². The average Bonchev–Trinajstić information content (AvgIpc) is 2.75. The molecular formula is C12H12BrNO3. The largest absolute Gasteiger partial charge is 0.481 e. The third-order valence-corrected chi connectivity index (χ3v) is 2.98. The van der Waals surface area contributed by atoms with E-state index in [4.69, 9.17) is 9.84 Å². The van der Waals surface area contributed by atoms with Gasteiger partial charge in [0.1, 0.15) is 6.10 Å². The Kier molecular flexibility index (Phi) is 3.78. The molecule has 1 aliphatic heterocycles. The van der Waals surface area contributed by atoms with E-state index in [-0.39, 0.29) is 12.5 Å². The molecule has 0 aliphatic carbocycles. The van der Waals surface area contributed by atoms with E-state index in [2.05, 4.69) is 20.9 Å². The highest BCUT2D eigenvalue weighted by Crippen LogP contribution is 2.26. The Labute approximate surface area is 107 Å². The van der Waals surface area contributed by atoms with E-state index >= 15 is 0 Å². The summed E-state index contributed by atoms with van der Waals surface area (Å²) in [6.45, 7) is 0.561. The molecule has 0 bridgehead atoms. The van der Waals surface area contributed by atoms with Crippen LogP contribution in [-0.4, -0.2) is 23.5 Å². The van der Waals surface area contributed by atoms with Gasteiger partial charge in [-0.15, -0.1) is 0 Å². The smallest absolute Gasteiger partial charge is 0.303 e. The number of aliphatic imine (C=N–C) groups is 1. The highest BCUT2D eigenvalue weighted by atomic mass is 79.9. The van der Waals surface area contributed by atoms with Gasteiger partial charge in [-0.1, -0.05) is 28.1 Å². The number of hydrogen-bond donors (Lipinski definition) is 1. The summed E-state index contributed by atoms with van der Waals surface area (Å²) in [5.74, 6) is -0.292. The molecule has 1 N–H and O–H groups in total. The summed E-state index contributed by atoms with van der Waals surface area (Å²) < 4.78 is 6.62. The highest BCUT2D eigenvalue weighted by Gasteiger charge is 2.21. The van der Waals surface area contributed by atoms with Gasteiger partial charge in [0.05, 0.1) is 13.0 Å². The van der Waals surface area contributed by atoms with Crippen LogP contribution in [0.25, 0.3) is 0 Å². The Bertz CT molecular complexity index is 459. The highest BCUT2D eigenvalue weighted by molar-refractivity contribution is 9.10. The summed E-state index contributed by atoms with van der Waals surface area (Å²) in [6, 6.07) is 7.86. The molecule has 0 radical (unpaired) electrons. The molecule has 1 aromatic carbocycles. The minimum Gasteiger partial charge on any atom is -0.481 e. The van der Waals surface area contributed by atoms with Gasteiger partial charge in [-0.25, -0.2) is 0 Å². The SMILES string of the molecule is O=C(O)CCC1=NCC(c2cccc(Br)c2)O1. The zero-order chi connectivity index (χ0) is 12.3. The summed E-state index contributed by atoms with van der Waals surface area (Å²) in [7, 11) is 0. The molecule has 0 amide bonds. The number of carbonyl (C=O) groups is 1. The van der Waals surface area contributed by atoms with Crippen LogP contribution in [0.1, 0.15) is 24.5 Å². The Morgan fingerprint density at radius 2 is 2.41 bits per heavy atom. The zero-order valence-corrected chi connectivity index (χ0v) is 10.7. The van der Waals surface area contributed by atoms with Crippen molar-refractivity contribution in [2.24, 2.45) is 4.99 Å². The topological polar surface area (TPSA) is 58.9 Å². The monoisotopic (exact) mass is 297 g/mol. The maximum Gasteiger partial charge on any atom is 0.303 e. The summed E-state index contributed by atoms with van der Waals surface area (Å²) in [5.41, 5.74) is 1.05. The van der Waals surface area contributed by atoms with Crippen molar-refractivity contribution >= 4 is 27.8 Å². The minimum atomic E-state index is -0.831. The van der Waals surface area contributed by atoms with Gasteiger partial charge in [0.25, 0.3) is 0 Å². The molecule has 0 fully saturated rings. The first kappa shape index (κ1) is 12.1. The minimum absolute atomic E-state index is 0.0596. The Balaban J connectivity index is 1.94. The molecule has 0 saturated heterocycles. The third kappa shape index (κ3) is 3.30. The van der Waals surface area contributed by atoms with Gasteiger partial charge in [0, 0.05) is 10.9 Å². The molecule has 4 nitrogen and oxygen atoms in total.